The molecule has 160 valence electrons. The van der Waals surface area contributed by atoms with Gasteiger partial charge in [-0.15, -0.1) is 0 Å². The van der Waals surface area contributed by atoms with Crippen LogP contribution in [0.3, 0.4) is 0 Å². The molecule has 0 bridgehead atoms. The molecule has 0 amide bonds. The monoisotopic (exact) mass is 438 g/mol. The van der Waals surface area contributed by atoms with E-state index in [4.69, 9.17) is 15.8 Å². The molecule has 30 heavy (non-hydrogen) atoms. The van der Waals surface area contributed by atoms with Crippen molar-refractivity contribution >= 4 is 27.4 Å². The highest BCUT2D eigenvalue weighted by atomic mass is 32.1. The zero-order chi connectivity index (χ0) is 21.7. The standard InChI is InChI=1S/C20H21F3N4O2S/c1-4-6-14-16(8-7-15-17(14)29-26-18(15)20(21,22)23)28-10-5-9-27(3)19-25-12-13(30-19)11-24-2/h7-8,12H,4-6,9-11H2,1,3H3. The van der Waals surface area contributed by atoms with Crippen molar-refractivity contribution in [2.24, 2.45) is 0 Å². The summed E-state index contributed by atoms with van der Waals surface area (Å²) in [4.78, 5) is 10.6. The van der Waals surface area contributed by atoms with Crippen molar-refractivity contribution in [3.63, 3.8) is 0 Å². The Balaban J connectivity index is 1.65. The molecule has 0 aliphatic rings. The zero-order valence-corrected chi connectivity index (χ0v) is 17.4. The van der Waals surface area contributed by atoms with Crippen molar-refractivity contribution in [3.8, 4) is 5.75 Å². The highest BCUT2D eigenvalue weighted by Gasteiger charge is 2.37. The maximum atomic E-state index is 13.1. The zero-order valence-electron chi connectivity index (χ0n) is 16.6. The van der Waals surface area contributed by atoms with Gasteiger partial charge in [0, 0.05) is 19.2 Å². The van der Waals surface area contributed by atoms with E-state index in [1.54, 1.807) is 12.3 Å². The second-order valence-corrected chi connectivity index (χ2v) is 7.84. The van der Waals surface area contributed by atoms with Crippen molar-refractivity contribution in [2.75, 3.05) is 25.1 Å². The Morgan fingerprint density at radius 3 is 2.83 bits per heavy atom. The Labute approximate surface area is 176 Å². The number of hydrogen-bond acceptors (Lipinski definition) is 6. The summed E-state index contributed by atoms with van der Waals surface area (Å²) in [7, 11) is 1.92. The number of nitrogens with zero attached hydrogens (tertiary/aromatic N) is 4. The van der Waals surface area contributed by atoms with Gasteiger partial charge in [-0.25, -0.2) is 11.6 Å². The van der Waals surface area contributed by atoms with E-state index in [1.165, 1.54) is 17.4 Å². The third-order valence-corrected chi connectivity index (χ3v) is 5.56. The van der Waals surface area contributed by atoms with Crippen molar-refractivity contribution < 1.29 is 22.4 Å². The molecular weight excluding hydrogens is 417 g/mol. The summed E-state index contributed by atoms with van der Waals surface area (Å²) in [5, 5.41) is 4.02. The molecule has 0 aliphatic carbocycles. The number of aromatic nitrogens is 2. The largest absolute Gasteiger partial charge is 0.493 e. The number of anilines is 1. The number of ether oxygens (including phenoxy) is 1. The molecule has 0 aliphatic heterocycles. The van der Waals surface area contributed by atoms with Crippen LogP contribution in [0.25, 0.3) is 15.8 Å². The van der Waals surface area contributed by atoms with Crippen LogP contribution in [-0.4, -0.2) is 30.3 Å². The average molecular weight is 438 g/mol. The fourth-order valence-electron chi connectivity index (χ4n) is 3.07. The Morgan fingerprint density at radius 2 is 2.13 bits per heavy atom. The van der Waals surface area contributed by atoms with E-state index < -0.39 is 11.9 Å². The number of fused-ring (bicyclic) bond motifs is 1. The van der Waals surface area contributed by atoms with Gasteiger partial charge >= 0.3 is 6.18 Å². The second-order valence-electron chi connectivity index (χ2n) is 6.75. The van der Waals surface area contributed by atoms with E-state index in [1.807, 2.05) is 18.9 Å². The molecule has 0 N–H and O–H groups in total. The topological polar surface area (TPSA) is 55.8 Å². The molecule has 2 aromatic heterocycles. The van der Waals surface area contributed by atoms with Crippen molar-refractivity contribution in [3.05, 3.63) is 45.9 Å². The molecule has 3 aromatic rings. The summed E-state index contributed by atoms with van der Waals surface area (Å²) >= 11 is 1.48. The van der Waals surface area contributed by atoms with Gasteiger partial charge in [0.25, 0.3) is 0 Å². The minimum absolute atomic E-state index is 0.0444. The highest BCUT2D eigenvalue weighted by molar-refractivity contribution is 7.15. The number of alkyl halides is 3. The van der Waals surface area contributed by atoms with E-state index in [0.29, 0.717) is 43.9 Å². The average Bonchev–Trinajstić information content (AvgIpc) is 3.33. The van der Waals surface area contributed by atoms with Gasteiger partial charge in [0.05, 0.1) is 18.2 Å². The van der Waals surface area contributed by atoms with Crippen molar-refractivity contribution in [1.82, 2.24) is 10.1 Å². The number of thiazole rings is 1. The Bertz CT molecular complexity index is 1040. The van der Waals surface area contributed by atoms with Gasteiger partial charge in [-0.05, 0) is 25.0 Å². The van der Waals surface area contributed by atoms with E-state index >= 15 is 0 Å². The van der Waals surface area contributed by atoms with Crippen LogP contribution >= 0.6 is 11.3 Å². The molecule has 3 rings (SSSR count). The quantitative estimate of drug-likeness (QED) is 0.322. The van der Waals surface area contributed by atoms with Crippen LogP contribution < -0.4 is 9.64 Å². The Kier molecular flexibility index (Phi) is 6.82. The lowest BCUT2D eigenvalue weighted by Crippen LogP contribution is -2.20. The lowest BCUT2D eigenvalue weighted by atomic mass is 10.0. The molecule has 0 atom stereocenters. The maximum Gasteiger partial charge on any atom is 0.437 e. The van der Waals surface area contributed by atoms with Crippen molar-refractivity contribution in [1.29, 1.82) is 0 Å². The molecular formula is C20H21F3N4O2S. The number of aryl methyl sites for hydroxylation is 1. The SMILES string of the molecule is [C-]#[N+]Cc1cnc(N(C)CCCOc2ccc3c(C(F)(F)F)noc3c2CCC)s1. The van der Waals surface area contributed by atoms with E-state index in [2.05, 4.69) is 15.0 Å². The minimum atomic E-state index is -4.56. The van der Waals surface area contributed by atoms with Gasteiger partial charge in [0.1, 0.15) is 10.6 Å². The van der Waals surface area contributed by atoms with E-state index in [-0.39, 0.29) is 11.0 Å². The molecule has 0 saturated heterocycles. The molecule has 10 heteroatoms. The Morgan fingerprint density at radius 1 is 1.33 bits per heavy atom. The fourth-order valence-corrected chi connectivity index (χ4v) is 3.89. The first-order valence-electron chi connectivity index (χ1n) is 9.45. The van der Waals surface area contributed by atoms with Crippen LogP contribution in [0.1, 0.15) is 35.9 Å². The van der Waals surface area contributed by atoms with Crippen molar-refractivity contribution in [2.45, 2.75) is 38.9 Å². The summed E-state index contributed by atoms with van der Waals surface area (Å²) in [6.45, 7) is 10.3. The van der Waals surface area contributed by atoms with Crippen LogP contribution in [0.2, 0.25) is 0 Å². The van der Waals surface area contributed by atoms with Crippen LogP contribution in [0.4, 0.5) is 18.3 Å². The van der Waals surface area contributed by atoms with E-state index in [0.717, 1.165) is 16.4 Å². The van der Waals surface area contributed by atoms with Gasteiger partial charge in [0.15, 0.2) is 16.4 Å². The first-order chi connectivity index (χ1) is 14.3. The summed E-state index contributed by atoms with van der Waals surface area (Å²) < 4.78 is 50.2. The summed E-state index contributed by atoms with van der Waals surface area (Å²) in [5.74, 6) is 0.519. The molecule has 0 radical (unpaired) electrons. The molecule has 2 heterocycles. The predicted octanol–water partition coefficient (Wildman–Crippen LogP) is 5.58. The van der Waals surface area contributed by atoms with Gasteiger partial charge < -0.3 is 19.0 Å². The molecule has 0 fully saturated rings. The lowest BCUT2D eigenvalue weighted by Gasteiger charge is -2.16. The first-order valence-corrected chi connectivity index (χ1v) is 10.3. The summed E-state index contributed by atoms with van der Waals surface area (Å²) in [6, 6.07) is 2.91. The van der Waals surface area contributed by atoms with Gasteiger partial charge in [-0.2, -0.15) is 13.2 Å². The molecule has 0 spiro atoms. The summed E-state index contributed by atoms with van der Waals surface area (Å²) in [6.07, 6.45) is -0.892. The summed E-state index contributed by atoms with van der Waals surface area (Å²) in [5.41, 5.74) is -0.270. The number of halogens is 3. The molecule has 6 nitrogen and oxygen atoms in total. The molecule has 1 aromatic carbocycles. The third-order valence-electron chi connectivity index (χ3n) is 4.47. The number of hydrogen-bond donors (Lipinski definition) is 0. The maximum absolute atomic E-state index is 13.1. The number of benzene rings is 1. The van der Waals surface area contributed by atoms with Crippen LogP contribution in [0, 0.1) is 6.57 Å². The third kappa shape index (κ3) is 4.84. The van der Waals surface area contributed by atoms with Gasteiger partial charge in [0.2, 0.25) is 6.54 Å². The van der Waals surface area contributed by atoms with E-state index in [9.17, 15) is 13.2 Å². The second kappa shape index (κ2) is 9.34. The van der Waals surface area contributed by atoms with Crippen LogP contribution in [0.5, 0.6) is 5.75 Å². The highest BCUT2D eigenvalue weighted by Crippen LogP contribution is 2.38. The predicted molar refractivity (Wildman–Crippen MR) is 109 cm³/mol. The van der Waals surface area contributed by atoms with Gasteiger partial charge in [-0.3, -0.25) is 0 Å². The lowest BCUT2D eigenvalue weighted by molar-refractivity contribution is -0.141. The van der Waals surface area contributed by atoms with Crippen LogP contribution in [0.15, 0.2) is 22.9 Å². The van der Waals surface area contributed by atoms with Crippen LogP contribution in [-0.2, 0) is 19.1 Å². The molecule has 0 unspecified atom stereocenters. The first kappa shape index (κ1) is 21.9. The Hall–Kier alpha value is -2.80. The smallest absolute Gasteiger partial charge is 0.437 e. The fraction of sp³-hybridized carbons (Fsp3) is 0.450. The molecule has 0 saturated carbocycles. The number of rotatable bonds is 9. The van der Waals surface area contributed by atoms with Gasteiger partial charge in [-0.1, -0.05) is 29.8 Å². The minimum Gasteiger partial charge on any atom is -0.493 e. The normalized spacial score (nSPS) is 11.6.